The number of likely N-dealkylation sites (N-methyl/N-ethyl adjacent to an activating group) is 1. The normalized spacial score (nSPS) is 15.2. The van der Waals surface area contributed by atoms with Crippen LogP contribution in [-0.2, 0) is 27.2 Å². The van der Waals surface area contributed by atoms with Gasteiger partial charge in [0.15, 0.2) is 0 Å². The van der Waals surface area contributed by atoms with E-state index in [0.717, 1.165) is 29.7 Å². The number of carbonyl (C=O) groups is 3. The molecule has 2 amide bonds. The van der Waals surface area contributed by atoms with Crippen LogP contribution in [0.4, 0.5) is 15.1 Å². The van der Waals surface area contributed by atoms with Crippen molar-refractivity contribution >= 4 is 39.8 Å². The molecule has 32 heavy (non-hydrogen) atoms. The number of hydrogen-bond donors (Lipinski definition) is 2. The minimum atomic E-state index is -0.415. The second-order valence-corrected chi connectivity index (χ2v) is 9.16. The molecule has 2 N–H and O–H groups in total. The molecule has 0 spiro atoms. The number of benzene rings is 1. The second-order valence-electron chi connectivity index (χ2n) is 8.05. The van der Waals surface area contributed by atoms with Gasteiger partial charge in [-0.2, -0.15) is 0 Å². The molecule has 7 nitrogen and oxygen atoms in total. The molecule has 0 unspecified atom stereocenters. The number of fused-ring (bicyclic) bond motifs is 1. The third kappa shape index (κ3) is 6.14. The predicted molar refractivity (Wildman–Crippen MR) is 123 cm³/mol. The topological polar surface area (TPSA) is 87.7 Å². The Morgan fingerprint density at radius 1 is 1.16 bits per heavy atom. The van der Waals surface area contributed by atoms with E-state index >= 15 is 0 Å². The quantitative estimate of drug-likeness (QED) is 0.586. The van der Waals surface area contributed by atoms with Crippen LogP contribution < -0.4 is 10.6 Å². The van der Waals surface area contributed by atoms with Gasteiger partial charge in [0, 0.05) is 10.6 Å². The van der Waals surface area contributed by atoms with Gasteiger partial charge in [-0.25, -0.2) is 9.18 Å². The van der Waals surface area contributed by atoms with Gasteiger partial charge < -0.3 is 15.4 Å². The van der Waals surface area contributed by atoms with Crippen LogP contribution in [0.3, 0.4) is 0 Å². The van der Waals surface area contributed by atoms with E-state index in [1.54, 1.807) is 18.9 Å². The highest BCUT2D eigenvalue weighted by molar-refractivity contribution is 7.17. The van der Waals surface area contributed by atoms with Crippen LogP contribution in [0.25, 0.3) is 0 Å². The number of esters is 1. The number of anilines is 2. The average Bonchev–Trinajstić information content (AvgIpc) is 3.06. The Bertz CT molecular complexity index is 990. The zero-order valence-electron chi connectivity index (χ0n) is 18.5. The lowest BCUT2D eigenvalue weighted by atomic mass is 9.88. The van der Waals surface area contributed by atoms with Crippen molar-refractivity contribution in [2.45, 2.75) is 33.1 Å². The summed E-state index contributed by atoms with van der Waals surface area (Å²) in [7, 11) is 1.65. The molecule has 1 aromatic carbocycles. The van der Waals surface area contributed by atoms with Crippen molar-refractivity contribution in [2.75, 3.05) is 37.4 Å². The first kappa shape index (κ1) is 23.9. The van der Waals surface area contributed by atoms with Crippen LogP contribution in [0.15, 0.2) is 24.3 Å². The molecule has 172 valence electrons. The van der Waals surface area contributed by atoms with Gasteiger partial charge in [0.05, 0.1) is 25.3 Å². The Hall–Kier alpha value is -2.78. The first-order chi connectivity index (χ1) is 15.3. The van der Waals surface area contributed by atoms with Crippen LogP contribution in [0, 0.1) is 11.7 Å². The molecule has 1 aliphatic rings. The van der Waals surface area contributed by atoms with E-state index in [2.05, 4.69) is 17.6 Å². The summed E-state index contributed by atoms with van der Waals surface area (Å²) in [6.45, 7) is 4.14. The number of amides is 2. The summed E-state index contributed by atoms with van der Waals surface area (Å²) in [6.07, 6.45) is 2.67. The van der Waals surface area contributed by atoms with Crippen molar-refractivity contribution in [1.29, 1.82) is 0 Å². The lowest BCUT2D eigenvalue weighted by molar-refractivity contribution is -0.119. The van der Waals surface area contributed by atoms with Crippen LogP contribution in [0.2, 0.25) is 0 Å². The summed E-state index contributed by atoms with van der Waals surface area (Å²) < 4.78 is 18.2. The number of rotatable bonds is 8. The van der Waals surface area contributed by atoms with E-state index in [4.69, 9.17) is 4.74 Å². The van der Waals surface area contributed by atoms with Gasteiger partial charge >= 0.3 is 5.97 Å². The van der Waals surface area contributed by atoms with Crippen LogP contribution in [-0.4, -0.2) is 49.4 Å². The summed E-state index contributed by atoms with van der Waals surface area (Å²) in [6, 6.07) is 5.46. The molecule has 0 radical (unpaired) electrons. The molecule has 3 rings (SSSR count). The Morgan fingerprint density at radius 2 is 1.81 bits per heavy atom. The first-order valence-corrected chi connectivity index (χ1v) is 11.4. The third-order valence-electron chi connectivity index (χ3n) is 5.20. The fraction of sp³-hybridized carbons (Fsp3) is 0.435. The van der Waals surface area contributed by atoms with Crippen molar-refractivity contribution in [3.05, 3.63) is 46.1 Å². The van der Waals surface area contributed by atoms with E-state index in [0.29, 0.717) is 22.2 Å². The highest BCUT2D eigenvalue weighted by atomic mass is 32.1. The SMILES string of the molecule is CCOC(=O)c1c(NC(=O)CN(C)CC(=O)Nc2ccc(F)cc2)sc2c1CC[C@@H](C)C2. The summed E-state index contributed by atoms with van der Waals surface area (Å²) in [5.74, 6) is -0.907. The van der Waals surface area contributed by atoms with Crippen molar-refractivity contribution in [3.63, 3.8) is 0 Å². The number of ether oxygens (including phenoxy) is 1. The first-order valence-electron chi connectivity index (χ1n) is 10.6. The third-order valence-corrected chi connectivity index (χ3v) is 6.37. The molecule has 0 aliphatic heterocycles. The largest absolute Gasteiger partial charge is 0.462 e. The van der Waals surface area contributed by atoms with Crippen LogP contribution in [0.1, 0.15) is 41.1 Å². The fourth-order valence-electron chi connectivity index (χ4n) is 3.70. The molecule has 0 bridgehead atoms. The molecule has 9 heteroatoms. The van der Waals surface area contributed by atoms with Gasteiger partial charge in [0.25, 0.3) is 0 Å². The van der Waals surface area contributed by atoms with E-state index in [1.807, 2.05) is 0 Å². The van der Waals surface area contributed by atoms with Gasteiger partial charge in [-0.1, -0.05) is 6.92 Å². The highest BCUT2D eigenvalue weighted by Gasteiger charge is 2.29. The lowest BCUT2D eigenvalue weighted by Gasteiger charge is -2.18. The van der Waals surface area contributed by atoms with Gasteiger partial charge in [-0.05, 0) is 69.0 Å². The highest BCUT2D eigenvalue weighted by Crippen LogP contribution is 2.40. The Balaban J connectivity index is 1.61. The smallest absolute Gasteiger partial charge is 0.341 e. The molecule has 0 saturated heterocycles. The number of nitrogens with zero attached hydrogens (tertiary/aromatic N) is 1. The zero-order valence-corrected chi connectivity index (χ0v) is 19.3. The number of nitrogens with one attached hydrogen (secondary N) is 2. The zero-order chi connectivity index (χ0) is 23.3. The molecule has 0 fully saturated rings. The molecular weight excluding hydrogens is 433 g/mol. The monoisotopic (exact) mass is 461 g/mol. The average molecular weight is 462 g/mol. The van der Waals surface area contributed by atoms with Crippen LogP contribution >= 0.6 is 11.3 Å². The molecule has 1 heterocycles. The molecule has 2 aromatic rings. The summed E-state index contributed by atoms with van der Waals surface area (Å²) >= 11 is 1.43. The maximum Gasteiger partial charge on any atom is 0.341 e. The van der Waals surface area contributed by atoms with Crippen molar-refractivity contribution in [3.8, 4) is 0 Å². The molecule has 1 aromatic heterocycles. The number of hydrogen-bond acceptors (Lipinski definition) is 6. The summed E-state index contributed by atoms with van der Waals surface area (Å²) in [5, 5.41) is 6.02. The van der Waals surface area contributed by atoms with Gasteiger partial charge in [-0.15, -0.1) is 11.3 Å². The van der Waals surface area contributed by atoms with Crippen molar-refractivity contribution < 1.29 is 23.5 Å². The molecule has 1 aliphatic carbocycles. The predicted octanol–water partition coefficient (Wildman–Crippen LogP) is 3.70. The Kier molecular flexibility index (Phi) is 7.98. The molecule has 0 saturated carbocycles. The standard InChI is InChI=1S/C23H28FN3O4S/c1-4-31-23(30)21-17-10-5-14(2)11-18(17)32-22(21)26-20(29)13-27(3)12-19(28)25-16-8-6-15(24)7-9-16/h6-9,14H,4-5,10-13H2,1-3H3,(H,25,28)(H,26,29)/t14-/m1/s1. The van der Waals surface area contributed by atoms with E-state index in [1.165, 1.54) is 35.6 Å². The molecular formula is C23H28FN3O4S. The fourth-order valence-corrected chi connectivity index (χ4v) is 5.12. The maximum atomic E-state index is 13.0. The van der Waals surface area contributed by atoms with Crippen molar-refractivity contribution in [2.24, 2.45) is 5.92 Å². The van der Waals surface area contributed by atoms with E-state index in [-0.39, 0.29) is 37.3 Å². The Labute approximate surface area is 190 Å². The minimum Gasteiger partial charge on any atom is -0.462 e. The van der Waals surface area contributed by atoms with Gasteiger partial charge in [0.1, 0.15) is 10.8 Å². The van der Waals surface area contributed by atoms with E-state index in [9.17, 15) is 18.8 Å². The summed E-state index contributed by atoms with van der Waals surface area (Å²) in [5.41, 5.74) is 1.92. The Morgan fingerprint density at radius 3 is 2.47 bits per heavy atom. The maximum absolute atomic E-state index is 13.0. The number of carbonyl (C=O) groups excluding carboxylic acids is 3. The van der Waals surface area contributed by atoms with E-state index < -0.39 is 5.97 Å². The minimum absolute atomic E-state index is 0.0199. The summed E-state index contributed by atoms with van der Waals surface area (Å²) in [4.78, 5) is 40.1. The second kappa shape index (κ2) is 10.7. The number of halogens is 1. The molecule has 1 atom stereocenters. The van der Waals surface area contributed by atoms with Crippen molar-refractivity contribution in [1.82, 2.24) is 4.90 Å². The lowest BCUT2D eigenvalue weighted by Crippen LogP contribution is -2.36. The van der Waals surface area contributed by atoms with Gasteiger partial charge in [0.2, 0.25) is 11.8 Å². The van der Waals surface area contributed by atoms with Gasteiger partial charge in [-0.3, -0.25) is 14.5 Å². The number of thiophene rings is 1. The van der Waals surface area contributed by atoms with Crippen LogP contribution in [0.5, 0.6) is 0 Å².